The molecule has 5 heteroatoms. The Balaban J connectivity index is 2.23. The number of rotatable bonds is 6. The molecule has 2 amide bonds. The van der Waals surface area contributed by atoms with E-state index in [1.807, 2.05) is 0 Å². The molecule has 1 saturated carbocycles. The molecule has 0 heterocycles. The van der Waals surface area contributed by atoms with Crippen molar-refractivity contribution < 1.29 is 14.7 Å². The van der Waals surface area contributed by atoms with Crippen LogP contribution in [0.3, 0.4) is 0 Å². The van der Waals surface area contributed by atoms with Gasteiger partial charge in [-0.1, -0.05) is 13.3 Å². The smallest absolute Gasteiger partial charge is 0.325 e. The molecule has 1 atom stereocenters. The molecule has 0 saturated heterocycles. The lowest BCUT2D eigenvalue weighted by Gasteiger charge is -2.16. The fourth-order valence-electron chi connectivity index (χ4n) is 1.80. The number of hydrogen-bond acceptors (Lipinski definition) is 2. The van der Waals surface area contributed by atoms with E-state index in [9.17, 15) is 9.59 Å². The highest BCUT2D eigenvalue weighted by Gasteiger charge is 2.41. The summed E-state index contributed by atoms with van der Waals surface area (Å²) in [6, 6.07) is -1.24. The summed E-state index contributed by atoms with van der Waals surface area (Å²) in [5.41, 5.74) is 0.290. The van der Waals surface area contributed by atoms with Crippen LogP contribution < -0.4 is 10.6 Å². The van der Waals surface area contributed by atoms with Gasteiger partial charge >= 0.3 is 12.0 Å². The number of aliphatic carboxylic acids is 1. The first kappa shape index (κ1) is 12.8. The van der Waals surface area contributed by atoms with Crippen LogP contribution in [0.15, 0.2) is 0 Å². The normalized spacial score (nSPS) is 18.6. The summed E-state index contributed by atoms with van der Waals surface area (Å²) in [6.45, 7) is 4.23. The van der Waals surface area contributed by atoms with Crippen LogP contribution in [0.25, 0.3) is 0 Å². The van der Waals surface area contributed by atoms with Crippen LogP contribution >= 0.6 is 0 Å². The SMILES string of the molecule is CCCC1(CNC(=O)N[C@@H](C)C(=O)O)CC1. The molecule has 0 spiro atoms. The predicted molar refractivity (Wildman–Crippen MR) is 60.2 cm³/mol. The first-order valence-electron chi connectivity index (χ1n) is 5.76. The lowest BCUT2D eigenvalue weighted by Crippen LogP contribution is -2.45. The summed E-state index contributed by atoms with van der Waals surface area (Å²) in [4.78, 5) is 21.9. The standard InChI is InChI=1S/C11H20N2O3/c1-3-4-11(5-6-11)7-12-10(16)13-8(2)9(14)15/h8H,3-7H2,1-2H3,(H,14,15)(H2,12,13,16)/t8-/m0/s1. The van der Waals surface area contributed by atoms with Crippen molar-refractivity contribution in [2.75, 3.05) is 6.54 Å². The van der Waals surface area contributed by atoms with Gasteiger partial charge in [-0.05, 0) is 31.6 Å². The number of carboxylic acid groups (broad SMARTS) is 1. The zero-order chi connectivity index (χ0) is 12.2. The van der Waals surface area contributed by atoms with Crippen LogP contribution in [0.5, 0.6) is 0 Å². The van der Waals surface area contributed by atoms with Crippen molar-refractivity contribution in [3.05, 3.63) is 0 Å². The molecule has 1 fully saturated rings. The summed E-state index contributed by atoms with van der Waals surface area (Å²) in [5, 5.41) is 13.7. The van der Waals surface area contributed by atoms with Crippen LogP contribution in [0, 0.1) is 5.41 Å². The first-order valence-corrected chi connectivity index (χ1v) is 5.76. The largest absolute Gasteiger partial charge is 0.480 e. The molecule has 5 nitrogen and oxygen atoms in total. The number of urea groups is 1. The van der Waals surface area contributed by atoms with E-state index in [0.717, 1.165) is 25.7 Å². The Hall–Kier alpha value is -1.26. The van der Waals surface area contributed by atoms with Crippen molar-refractivity contribution in [1.29, 1.82) is 0 Å². The van der Waals surface area contributed by atoms with Gasteiger partial charge in [0.1, 0.15) is 6.04 Å². The molecule has 0 radical (unpaired) electrons. The molecule has 1 aliphatic rings. The molecule has 0 aromatic rings. The van der Waals surface area contributed by atoms with Crippen molar-refractivity contribution in [3.63, 3.8) is 0 Å². The lowest BCUT2D eigenvalue weighted by atomic mass is 10.0. The topological polar surface area (TPSA) is 78.4 Å². The zero-order valence-electron chi connectivity index (χ0n) is 9.88. The Bertz CT molecular complexity index is 274. The minimum atomic E-state index is -1.02. The van der Waals surface area contributed by atoms with Gasteiger partial charge in [0.2, 0.25) is 0 Å². The second kappa shape index (κ2) is 5.18. The second-order valence-corrected chi connectivity index (χ2v) is 4.64. The van der Waals surface area contributed by atoms with Gasteiger partial charge < -0.3 is 15.7 Å². The number of nitrogens with one attached hydrogen (secondary N) is 2. The first-order chi connectivity index (χ1) is 7.49. The Morgan fingerprint density at radius 3 is 2.50 bits per heavy atom. The molecule has 92 valence electrons. The molecule has 3 N–H and O–H groups in total. The predicted octanol–water partition coefficient (Wildman–Crippen LogP) is 1.34. The number of carbonyl (C=O) groups excluding carboxylic acids is 1. The summed E-state index contributed by atoms with van der Waals surface area (Å²) >= 11 is 0. The third kappa shape index (κ3) is 3.72. The highest BCUT2D eigenvalue weighted by Crippen LogP contribution is 2.48. The van der Waals surface area contributed by atoms with Gasteiger partial charge in [0.25, 0.3) is 0 Å². The molecular formula is C11H20N2O3. The van der Waals surface area contributed by atoms with E-state index in [1.165, 1.54) is 6.92 Å². The second-order valence-electron chi connectivity index (χ2n) is 4.64. The number of hydrogen-bond donors (Lipinski definition) is 3. The van der Waals surface area contributed by atoms with Crippen LogP contribution in [-0.4, -0.2) is 29.7 Å². The van der Waals surface area contributed by atoms with Crippen molar-refractivity contribution in [2.24, 2.45) is 5.41 Å². The zero-order valence-corrected chi connectivity index (χ0v) is 9.88. The van der Waals surface area contributed by atoms with E-state index in [-0.39, 0.29) is 0 Å². The van der Waals surface area contributed by atoms with Gasteiger partial charge in [0, 0.05) is 6.54 Å². The molecule has 0 unspecified atom stereocenters. The maximum absolute atomic E-state index is 11.4. The Morgan fingerprint density at radius 1 is 1.44 bits per heavy atom. The van der Waals surface area contributed by atoms with E-state index in [2.05, 4.69) is 17.6 Å². The fraction of sp³-hybridized carbons (Fsp3) is 0.818. The summed E-state index contributed by atoms with van der Waals surface area (Å²) < 4.78 is 0. The molecule has 0 aliphatic heterocycles. The van der Waals surface area contributed by atoms with Crippen molar-refractivity contribution in [2.45, 2.75) is 45.6 Å². The van der Waals surface area contributed by atoms with Crippen molar-refractivity contribution >= 4 is 12.0 Å². The molecule has 16 heavy (non-hydrogen) atoms. The fourth-order valence-corrected chi connectivity index (χ4v) is 1.80. The van der Waals surface area contributed by atoms with E-state index in [1.54, 1.807) is 0 Å². The van der Waals surface area contributed by atoms with E-state index < -0.39 is 18.0 Å². The van der Waals surface area contributed by atoms with Gasteiger partial charge in [-0.3, -0.25) is 4.79 Å². The van der Waals surface area contributed by atoms with Crippen LogP contribution in [0.1, 0.15) is 39.5 Å². The highest BCUT2D eigenvalue weighted by molar-refractivity contribution is 5.82. The summed E-state index contributed by atoms with van der Waals surface area (Å²) in [5.74, 6) is -1.02. The minimum Gasteiger partial charge on any atom is -0.480 e. The molecule has 0 bridgehead atoms. The highest BCUT2D eigenvalue weighted by atomic mass is 16.4. The van der Waals surface area contributed by atoms with Crippen molar-refractivity contribution in [1.82, 2.24) is 10.6 Å². The van der Waals surface area contributed by atoms with E-state index >= 15 is 0 Å². The van der Waals surface area contributed by atoms with E-state index in [4.69, 9.17) is 5.11 Å². The number of amides is 2. The van der Waals surface area contributed by atoms with Crippen molar-refractivity contribution in [3.8, 4) is 0 Å². The molecule has 0 aromatic carbocycles. The third-order valence-electron chi connectivity index (χ3n) is 3.08. The average Bonchev–Trinajstić information content (AvgIpc) is 2.96. The van der Waals surface area contributed by atoms with Crippen LogP contribution in [-0.2, 0) is 4.79 Å². The van der Waals surface area contributed by atoms with Gasteiger partial charge in [-0.15, -0.1) is 0 Å². The van der Waals surface area contributed by atoms with Crippen LogP contribution in [0.4, 0.5) is 4.79 Å². The van der Waals surface area contributed by atoms with Gasteiger partial charge in [0.05, 0.1) is 0 Å². The number of carboxylic acids is 1. The quantitative estimate of drug-likeness (QED) is 0.642. The summed E-state index contributed by atoms with van der Waals surface area (Å²) in [7, 11) is 0. The molecular weight excluding hydrogens is 208 g/mol. The summed E-state index contributed by atoms with van der Waals surface area (Å²) in [6.07, 6.45) is 4.57. The maximum Gasteiger partial charge on any atom is 0.325 e. The van der Waals surface area contributed by atoms with Crippen LogP contribution in [0.2, 0.25) is 0 Å². The van der Waals surface area contributed by atoms with Gasteiger partial charge in [-0.2, -0.15) is 0 Å². The Kier molecular flexibility index (Phi) is 4.15. The monoisotopic (exact) mass is 228 g/mol. The third-order valence-corrected chi connectivity index (χ3v) is 3.08. The van der Waals surface area contributed by atoms with Gasteiger partial charge in [0.15, 0.2) is 0 Å². The number of carbonyl (C=O) groups is 2. The maximum atomic E-state index is 11.4. The molecule has 1 rings (SSSR count). The van der Waals surface area contributed by atoms with E-state index in [0.29, 0.717) is 12.0 Å². The Morgan fingerprint density at radius 2 is 2.06 bits per heavy atom. The minimum absolute atomic E-state index is 0.290. The Labute approximate surface area is 95.6 Å². The van der Waals surface area contributed by atoms with Gasteiger partial charge in [-0.25, -0.2) is 4.79 Å². The molecule has 0 aromatic heterocycles. The lowest BCUT2D eigenvalue weighted by molar-refractivity contribution is -0.138. The molecule has 1 aliphatic carbocycles. The average molecular weight is 228 g/mol.